The minimum atomic E-state index is -0.661. The molecule has 0 radical (unpaired) electrons. The average Bonchev–Trinajstić information content (AvgIpc) is 2.86. The smallest absolute Gasteiger partial charge is 0.303 e. The van der Waals surface area contributed by atoms with Crippen LogP contribution in [0.1, 0.15) is 156 Å². The molecular weight excluding hydrogens is 468 g/mol. The predicted octanol–water partition coefficient (Wildman–Crippen LogP) is 8.31. The van der Waals surface area contributed by atoms with Crippen molar-refractivity contribution in [3.63, 3.8) is 0 Å². The fourth-order valence-corrected chi connectivity index (χ4v) is 4.40. The molecular formula is C30H62N2O3S. The van der Waals surface area contributed by atoms with Crippen LogP contribution in [0.5, 0.6) is 0 Å². The predicted molar refractivity (Wildman–Crippen MR) is 160 cm³/mol. The fourth-order valence-electron chi connectivity index (χ4n) is 4.31. The van der Waals surface area contributed by atoms with Crippen LogP contribution in [-0.2, 0) is 9.59 Å². The van der Waals surface area contributed by atoms with Gasteiger partial charge in [0, 0.05) is 12.5 Å². The van der Waals surface area contributed by atoms with Crippen molar-refractivity contribution in [3.05, 3.63) is 0 Å². The summed E-state index contributed by atoms with van der Waals surface area (Å²) in [5, 5.41) is 15.3. The summed E-state index contributed by atoms with van der Waals surface area (Å²) in [6.07, 6.45) is 24.7. The lowest BCUT2D eigenvalue weighted by Crippen LogP contribution is -2.32. The number of carboxylic acids is 1. The minimum Gasteiger partial charge on any atom is -0.481 e. The molecule has 6 heteroatoms. The SMILES string of the molecule is CC.CC(CCCCCCCCCCCCCCCCCCC(=O)O)NCCCCNC(C)C(=O)S. The number of nitrogens with one attached hydrogen (secondary N) is 2. The quantitative estimate of drug-likeness (QED) is 0.0634. The van der Waals surface area contributed by atoms with E-state index in [1.807, 2.05) is 20.8 Å². The van der Waals surface area contributed by atoms with Crippen molar-refractivity contribution in [2.45, 2.75) is 168 Å². The maximum absolute atomic E-state index is 11.0. The van der Waals surface area contributed by atoms with Crippen LogP contribution < -0.4 is 10.6 Å². The molecule has 5 nitrogen and oxygen atoms in total. The van der Waals surface area contributed by atoms with Gasteiger partial charge in [0.2, 0.25) is 5.12 Å². The summed E-state index contributed by atoms with van der Waals surface area (Å²) in [5.74, 6) is -0.661. The van der Waals surface area contributed by atoms with Gasteiger partial charge in [-0.2, -0.15) is 0 Å². The van der Waals surface area contributed by atoms with Crippen molar-refractivity contribution in [2.75, 3.05) is 13.1 Å². The first-order chi connectivity index (χ1) is 17.4. The second-order valence-electron chi connectivity index (χ2n) is 10.2. The molecule has 0 bridgehead atoms. The highest BCUT2D eigenvalue weighted by Crippen LogP contribution is 2.14. The number of carboxylic acid groups (broad SMARTS) is 1. The number of rotatable bonds is 27. The van der Waals surface area contributed by atoms with Crippen LogP contribution in [0.15, 0.2) is 0 Å². The molecule has 0 aliphatic carbocycles. The van der Waals surface area contributed by atoms with E-state index in [0.29, 0.717) is 12.5 Å². The second-order valence-corrected chi connectivity index (χ2v) is 10.6. The number of thiol groups is 1. The van der Waals surface area contributed by atoms with Gasteiger partial charge in [0.15, 0.2) is 0 Å². The lowest BCUT2D eigenvalue weighted by molar-refractivity contribution is -0.137. The number of hydrogen-bond acceptors (Lipinski definition) is 4. The number of carbonyl (C=O) groups excluding carboxylic acids is 1. The molecule has 0 aliphatic rings. The zero-order valence-electron chi connectivity index (χ0n) is 24.4. The lowest BCUT2D eigenvalue weighted by Gasteiger charge is -2.14. The van der Waals surface area contributed by atoms with Crippen LogP contribution in [0, 0.1) is 0 Å². The van der Waals surface area contributed by atoms with E-state index >= 15 is 0 Å². The maximum atomic E-state index is 11.0. The summed E-state index contributed by atoms with van der Waals surface area (Å²) in [6, 6.07) is 0.453. The summed E-state index contributed by atoms with van der Waals surface area (Å²) in [6.45, 7) is 10.1. The number of unbranched alkanes of at least 4 members (excludes halogenated alkanes) is 16. The van der Waals surface area contributed by atoms with E-state index in [4.69, 9.17) is 5.11 Å². The Morgan fingerprint density at radius 1 is 0.611 bits per heavy atom. The molecule has 0 aromatic heterocycles. The van der Waals surface area contributed by atoms with Crippen molar-refractivity contribution < 1.29 is 14.7 Å². The van der Waals surface area contributed by atoms with Gasteiger partial charge in [-0.05, 0) is 52.6 Å². The van der Waals surface area contributed by atoms with E-state index in [-0.39, 0.29) is 11.2 Å². The van der Waals surface area contributed by atoms with Gasteiger partial charge < -0.3 is 15.7 Å². The molecule has 36 heavy (non-hydrogen) atoms. The van der Waals surface area contributed by atoms with Gasteiger partial charge in [-0.25, -0.2) is 0 Å². The summed E-state index contributed by atoms with van der Waals surface area (Å²) < 4.78 is 0. The van der Waals surface area contributed by atoms with Crippen LogP contribution in [0.2, 0.25) is 0 Å². The standard InChI is InChI=1S/C28H56N2O3S.C2H6/c1-25(29-23-19-20-24-30-26(2)28(33)34)21-17-15-13-11-9-7-5-3-4-6-8-10-12-14-16-18-22-27(31)32;1-2/h25-26,29-30H,3-24H2,1-2H3,(H,31,32)(H,33,34);1-2H3. The molecule has 0 fully saturated rings. The monoisotopic (exact) mass is 530 g/mol. The first-order valence-electron chi connectivity index (χ1n) is 15.3. The Bertz CT molecular complexity index is 477. The number of hydrogen-bond donors (Lipinski definition) is 4. The Balaban J connectivity index is 0. The van der Waals surface area contributed by atoms with E-state index in [2.05, 4.69) is 30.2 Å². The molecule has 216 valence electrons. The summed E-state index contributed by atoms with van der Waals surface area (Å²) in [4.78, 5) is 21.5. The highest BCUT2D eigenvalue weighted by atomic mass is 32.1. The summed E-state index contributed by atoms with van der Waals surface area (Å²) in [7, 11) is 0. The van der Waals surface area contributed by atoms with Crippen molar-refractivity contribution in [3.8, 4) is 0 Å². The summed E-state index contributed by atoms with van der Waals surface area (Å²) >= 11 is 3.84. The third-order valence-electron chi connectivity index (χ3n) is 6.70. The molecule has 0 aromatic carbocycles. The molecule has 0 amide bonds. The largest absolute Gasteiger partial charge is 0.481 e. The first kappa shape index (κ1) is 37.6. The van der Waals surface area contributed by atoms with Gasteiger partial charge in [0.25, 0.3) is 0 Å². The van der Waals surface area contributed by atoms with Crippen molar-refractivity contribution >= 4 is 23.7 Å². The number of carbonyl (C=O) groups is 2. The average molecular weight is 531 g/mol. The van der Waals surface area contributed by atoms with E-state index in [1.54, 1.807) is 0 Å². The van der Waals surface area contributed by atoms with Gasteiger partial charge in [-0.15, -0.1) is 12.6 Å². The Morgan fingerprint density at radius 2 is 0.972 bits per heavy atom. The van der Waals surface area contributed by atoms with Gasteiger partial charge in [0.05, 0.1) is 6.04 Å². The van der Waals surface area contributed by atoms with E-state index in [9.17, 15) is 9.59 Å². The molecule has 2 atom stereocenters. The van der Waals surface area contributed by atoms with Crippen LogP contribution in [0.25, 0.3) is 0 Å². The van der Waals surface area contributed by atoms with Gasteiger partial charge >= 0.3 is 5.97 Å². The summed E-state index contributed by atoms with van der Waals surface area (Å²) in [5.41, 5.74) is 0. The van der Waals surface area contributed by atoms with E-state index < -0.39 is 5.97 Å². The molecule has 0 aromatic rings. The Morgan fingerprint density at radius 3 is 1.36 bits per heavy atom. The van der Waals surface area contributed by atoms with Crippen LogP contribution in [-0.4, -0.2) is 41.4 Å². The second kappa shape index (κ2) is 30.6. The maximum Gasteiger partial charge on any atom is 0.303 e. The molecule has 0 saturated carbocycles. The van der Waals surface area contributed by atoms with Crippen LogP contribution in [0.4, 0.5) is 0 Å². The highest BCUT2D eigenvalue weighted by Gasteiger charge is 2.06. The molecule has 0 aliphatic heterocycles. The van der Waals surface area contributed by atoms with Gasteiger partial charge in [-0.1, -0.05) is 110 Å². The highest BCUT2D eigenvalue weighted by molar-refractivity contribution is 7.96. The normalized spacial score (nSPS) is 12.6. The third kappa shape index (κ3) is 31.4. The Hall–Kier alpha value is -0.590. The molecule has 0 spiro atoms. The van der Waals surface area contributed by atoms with Crippen molar-refractivity contribution in [2.24, 2.45) is 0 Å². The molecule has 0 saturated heterocycles. The third-order valence-corrected chi connectivity index (χ3v) is 7.08. The Kier molecular flexibility index (Phi) is 32.0. The van der Waals surface area contributed by atoms with Crippen LogP contribution >= 0.6 is 12.6 Å². The van der Waals surface area contributed by atoms with Crippen molar-refractivity contribution in [1.82, 2.24) is 10.6 Å². The molecule has 3 N–H and O–H groups in total. The Labute approximate surface area is 230 Å². The van der Waals surface area contributed by atoms with Crippen LogP contribution in [0.3, 0.4) is 0 Å². The van der Waals surface area contributed by atoms with Crippen molar-refractivity contribution in [1.29, 1.82) is 0 Å². The minimum absolute atomic E-state index is 0.0890. The molecule has 0 rings (SSSR count). The lowest BCUT2D eigenvalue weighted by atomic mass is 10.0. The molecule has 2 unspecified atom stereocenters. The number of aliphatic carboxylic acids is 1. The zero-order chi connectivity index (χ0) is 27.3. The topological polar surface area (TPSA) is 78.4 Å². The van der Waals surface area contributed by atoms with E-state index in [1.165, 1.54) is 96.3 Å². The van der Waals surface area contributed by atoms with E-state index in [0.717, 1.165) is 38.8 Å². The first-order valence-corrected chi connectivity index (χ1v) is 15.8. The molecule has 0 heterocycles. The fraction of sp³-hybridized carbons (Fsp3) is 0.933. The van der Waals surface area contributed by atoms with Gasteiger partial charge in [-0.3, -0.25) is 9.59 Å². The van der Waals surface area contributed by atoms with Gasteiger partial charge in [0.1, 0.15) is 0 Å². The zero-order valence-corrected chi connectivity index (χ0v) is 25.3.